The number of amides is 1. The zero-order valence-electron chi connectivity index (χ0n) is 18.3. The maximum absolute atomic E-state index is 13.0. The van der Waals surface area contributed by atoms with Crippen LogP contribution in [-0.2, 0) is 20.9 Å². The number of hydrogen-bond donors (Lipinski definition) is 0. The summed E-state index contributed by atoms with van der Waals surface area (Å²) >= 11 is -0.119. The van der Waals surface area contributed by atoms with E-state index in [0.717, 1.165) is 35.7 Å². The van der Waals surface area contributed by atoms with Gasteiger partial charge in [0.25, 0.3) is 0 Å². The number of ether oxygens (including phenoxy) is 2. The molecule has 0 N–H and O–H groups in total. The number of cyclic esters (lactones) is 1. The number of carbonyl (C=O) groups is 2. The molecule has 2 aliphatic heterocycles. The summed E-state index contributed by atoms with van der Waals surface area (Å²) in [5.41, 5.74) is 1.08. The Morgan fingerprint density at radius 1 is 1.03 bits per heavy atom. The molecule has 168 valence electrons. The van der Waals surface area contributed by atoms with Gasteiger partial charge in [0.15, 0.2) is 0 Å². The molecule has 0 unspecified atom stereocenters. The molecule has 0 aromatic heterocycles. The molecule has 0 spiro atoms. The molecule has 4 rings (SSSR count). The zero-order valence-corrected chi connectivity index (χ0v) is 20.0. The topological polar surface area (TPSA) is 55.8 Å². The van der Waals surface area contributed by atoms with Gasteiger partial charge in [0, 0.05) is 0 Å². The van der Waals surface area contributed by atoms with E-state index in [9.17, 15) is 9.59 Å². The van der Waals surface area contributed by atoms with Crippen LogP contribution in [0.15, 0.2) is 72.9 Å². The van der Waals surface area contributed by atoms with Gasteiger partial charge in [0.1, 0.15) is 0 Å². The van der Waals surface area contributed by atoms with Crippen LogP contribution < -0.4 is 4.46 Å². The van der Waals surface area contributed by atoms with Crippen molar-refractivity contribution >= 4 is 31.3 Å². The number of allylic oxidation sites excluding steroid dienone is 1. The number of ketones is 1. The van der Waals surface area contributed by atoms with E-state index in [4.69, 9.17) is 9.47 Å². The number of benzene rings is 2. The third-order valence-electron chi connectivity index (χ3n) is 5.87. The van der Waals surface area contributed by atoms with Crippen molar-refractivity contribution in [2.24, 2.45) is 0 Å². The minimum absolute atomic E-state index is 0.0637. The molecule has 2 aromatic carbocycles. The van der Waals surface area contributed by atoms with Crippen LogP contribution in [0.2, 0.25) is 4.82 Å². The van der Waals surface area contributed by atoms with Gasteiger partial charge in [0.2, 0.25) is 0 Å². The van der Waals surface area contributed by atoms with Gasteiger partial charge < -0.3 is 0 Å². The second-order valence-electron chi connectivity index (χ2n) is 8.15. The molecule has 0 saturated carbocycles. The van der Waals surface area contributed by atoms with Crippen LogP contribution in [0.4, 0.5) is 4.79 Å². The number of nitrogens with zero attached hydrogens (tertiary/aromatic N) is 1. The predicted octanol–water partition coefficient (Wildman–Crippen LogP) is 4.26. The third kappa shape index (κ3) is 5.32. The summed E-state index contributed by atoms with van der Waals surface area (Å²) in [5, 5.41) is 0. The average molecular weight is 498 g/mol. The van der Waals surface area contributed by atoms with Crippen molar-refractivity contribution in [1.29, 1.82) is 0 Å². The van der Waals surface area contributed by atoms with E-state index in [2.05, 4.69) is 6.92 Å². The second-order valence-corrected chi connectivity index (χ2v) is 10.7. The molecule has 4 atom stereocenters. The van der Waals surface area contributed by atoms with Crippen LogP contribution in [0, 0.1) is 0 Å². The average Bonchev–Trinajstić information content (AvgIpc) is 3.16. The Morgan fingerprint density at radius 3 is 2.47 bits per heavy atom. The molecule has 1 saturated heterocycles. The van der Waals surface area contributed by atoms with E-state index < -0.39 is 6.10 Å². The van der Waals surface area contributed by atoms with Crippen LogP contribution in [0.3, 0.4) is 0 Å². The molecule has 2 aromatic rings. The van der Waals surface area contributed by atoms with Gasteiger partial charge in [-0.1, -0.05) is 0 Å². The van der Waals surface area contributed by atoms with Gasteiger partial charge in [0.05, 0.1) is 0 Å². The van der Waals surface area contributed by atoms with Crippen LogP contribution in [0.25, 0.3) is 0 Å². The summed E-state index contributed by atoms with van der Waals surface area (Å²) in [6.45, 7) is 2.62. The second kappa shape index (κ2) is 11.0. The third-order valence-corrected chi connectivity index (χ3v) is 8.61. The number of unbranched alkanes of at least 4 members (excludes halogenated alkanes) is 2. The van der Waals surface area contributed by atoms with Crippen molar-refractivity contribution < 1.29 is 19.1 Å². The molecule has 2 heterocycles. The Kier molecular flexibility index (Phi) is 7.80. The molecule has 2 aliphatic rings. The summed E-state index contributed by atoms with van der Waals surface area (Å²) in [5.74, 6) is 0.0637. The molecule has 1 amide bonds. The number of fused-ring (bicyclic) bond motifs is 1. The van der Waals surface area contributed by atoms with Crippen molar-refractivity contribution in [2.75, 3.05) is 0 Å². The maximum atomic E-state index is 13.0. The van der Waals surface area contributed by atoms with Crippen molar-refractivity contribution in [2.45, 2.75) is 62.3 Å². The molecular formula is C26H29NO4Se. The summed E-state index contributed by atoms with van der Waals surface area (Å²) in [6, 6.07) is 19.7. The molecule has 5 nitrogen and oxygen atoms in total. The molecule has 0 radical (unpaired) electrons. The number of rotatable bonds is 10. The monoisotopic (exact) mass is 499 g/mol. The summed E-state index contributed by atoms with van der Waals surface area (Å²) in [6.07, 6.45) is 5.99. The van der Waals surface area contributed by atoms with Crippen molar-refractivity contribution in [3.05, 3.63) is 78.5 Å². The predicted molar refractivity (Wildman–Crippen MR) is 125 cm³/mol. The standard InChI is InChI=1S/C26H29NO4Se/c1-2-3-6-15-22(30-18-19-11-7-4-8-12-19)24-23-25(32-20-13-9-5-10-14-20)21(28)16-17-27(23)26(29)31-24/h4-5,7-14,16-17,22-25H,2-3,6,15,18H2,1H3/t22-,23-,24-,25+/m0/s1. The molecular weight excluding hydrogens is 469 g/mol. The molecule has 6 heteroatoms. The Morgan fingerprint density at radius 2 is 1.75 bits per heavy atom. The number of hydrogen-bond acceptors (Lipinski definition) is 4. The van der Waals surface area contributed by atoms with Gasteiger partial charge in [-0.3, -0.25) is 0 Å². The molecule has 1 fully saturated rings. The van der Waals surface area contributed by atoms with Gasteiger partial charge in [-0.15, -0.1) is 0 Å². The van der Waals surface area contributed by atoms with E-state index in [-0.39, 0.29) is 43.8 Å². The number of carbonyl (C=O) groups excluding carboxylic acids is 2. The Hall–Kier alpha value is -2.40. The van der Waals surface area contributed by atoms with E-state index in [1.54, 1.807) is 11.1 Å². The van der Waals surface area contributed by atoms with E-state index >= 15 is 0 Å². The minimum atomic E-state index is -0.465. The Bertz CT molecular complexity index is 933. The van der Waals surface area contributed by atoms with Crippen LogP contribution in [0.5, 0.6) is 0 Å². The first-order valence-electron chi connectivity index (χ1n) is 11.3. The normalized spacial score (nSPS) is 23.2. The summed E-state index contributed by atoms with van der Waals surface area (Å²) in [4.78, 5) is 27.0. The fourth-order valence-corrected chi connectivity index (χ4v) is 6.78. The van der Waals surface area contributed by atoms with Gasteiger partial charge >= 0.3 is 196 Å². The van der Waals surface area contributed by atoms with Crippen molar-refractivity contribution in [1.82, 2.24) is 4.90 Å². The first-order valence-corrected chi connectivity index (χ1v) is 13.1. The molecule has 32 heavy (non-hydrogen) atoms. The fraction of sp³-hybridized carbons (Fsp3) is 0.385. The summed E-state index contributed by atoms with van der Waals surface area (Å²) < 4.78 is 13.4. The Balaban J connectivity index is 1.57. The first-order chi connectivity index (χ1) is 15.7. The van der Waals surface area contributed by atoms with E-state index in [1.165, 1.54) is 6.08 Å². The van der Waals surface area contributed by atoms with Gasteiger partial charge in [-0.2, -0.15) is 0 Å². The van der Waals surface area contributed by atoms with Crippen LogP contribution in [-0.4, -0.2) is 50.0 Å². The SMILES string of the molecule is CCCCC[C@H](OCc1ccccc1)[C@@H]1OC(=O)N2C=CC(=O)[C@@H]([Se]c3ccccc3)[C@H]12. The quantitative estimate of drug-likeness (QED) is 0.363. The van der Waals surface area contributed by atoms with Gasteiger partial charge in [-0.25, -0.2) is 0 Å². The molecule has 0 bridgehead atoms. The first kappa shape index (κ1) is 22.8. The van der Waals surface area contributed by atoms with Crippen molar-refractivity contribution in [3.8, 4) is 0 Å². The van der Waals surface area contributed by atoms with Gasteiger partial charge in [-0.05, 0) is 0 Å². The van der Waals surface area contributed by atoms with Crippen molar-refractivity contribution in [3.63, 3.8) is 0 Å². The summed E-state index contributed by atoms with van der Waals surface area (Å²) in [7, 11) is 0. The van der Waals surface area contributed by atoms with Crippen LogP contribution >= 0.6 is 0 Å². The van der Waals surface area contributed by atoms with Crippen LogP contribution in [0.1, 0.15) is 38.2 Å². The van der Waals surface area contributed by atoms with E-state index in [0.29, 0.717) is 6.61 Å². The fourth-order valence-electron chi connectivity index (χ4n) is 4.21. The molecule has 0 aliphatic carbocycles. The van der Waals surface area contributed by atoms with E-state index in [1.807, 2.05) is 60.7 Å². The Labute approximate surface area is 195 Å². The zero-order chi connectivity index (χ0) is 22.3.